The van der Waals surface area contributed by atoms with Gasteiger partial charge in [-0.1, -0.05) is 39.5 Å². The molecule has 0 bridgehead atoms. The SMILES string of the molecule is CCCCCCCOC(=O)Oc1ccc2c(c1)[C@]1(C)CCN(C)[C@H]1N2C. The number of rotatable bonds is 7. The molecule has 1 aromatic carbocycles. The van der Waals surface area contributed by atoms with E-state index in [9.17, 15) is 4.79 Å². The minimum absolute atomic E-state index is 0.0708. The molecule has 3 rings (SSSR count). The minimum Gasteiger partial charge on any atom is -0.434 e. The number of hydrogen-bond acceptors (Lipinski definition) is 5. The van der Waals surface area contributed by atoms with E-state index in [0.29, 0.717) is 18.5 Å². The van der Waals surface area contributed by atoms with Crippen molar-refractivity contribution in [2.24, 2.45) is 0 Å². The average molecular weight is 360 g/mol. The Balaban J connectivity index is 1.58. The molecular weight excluding hydrogens is 328 g/mol. The predicted octanol–water partition coefficient (Wildman–Crippen LogP) is 4.54. The lowest BCUT2D eigenvalue weighted by Crippen LogP contribution is -2.45. The van der Waals surface area contributed by atoms with Crippen molar-refractivity contribution in [1.82, 2.24) is 4.90 Å². The fourth-order valence-electron chi connectivity index (χ4n) is 4.61. The molecule has 26 heavy (non-hydrogen) atoms. The van der Waals surface area contributed by atoms with Crippen molar-refractivity contribution < 1.29 is 14.3 Å². The number of anilines is 1. The van der Waals surface area contributed by atoms with Gasteiger partial charge in [-0.2, -0.15) is 0 Å². The highest BCUT2D eigenvalue weighted by Gasteiger charge is 2.52. The zero-order valence-corrected chi connectivity index (χ0v) is 16.6. The lowest BCUT2D eigenvalue weighted by atomic mass is 9.81. The standard InChI is InChI=1S/C21H32N2O3/c1-5-6-7-8-9-14-25-20(24)26-16-10-11-18-17(15-16)21(2)12-13-22(3)19(21)23(18)4/h10-11,15,19H,5-9,12-14H2,1-4H3/t19-,21-/m0/s1. The number of carbonyl (C=O) groups is 1. The van der Waals surface area contributed by atoms with E-state index < -0.39 is 6.16 Å². The van der Waals surface area contributed by atoms with Crippen LogP contribution in [0.3, 0.4) is 0 Å². The first-order valence-electron chi connectivity index (χ1n) is 9.89. The molecule has 2 aliphatic heterocycles. The van der Waals surface area contributed by atoms with Crippen molar-refractivity contribution in [3.05, 3.63) is 23.8 Å². The highest BCUT2D eigenvalue weighted by molar-refractivity contribution is 5.69. The maximum Gasteiger partial charge on any atom is 0.513 e. The van der Waals surface area contributed by atoms with Gasteiger partial charge in [0.2, 0.25) is 0 Å². The van der Waals surface area contributed by atoms with Crippen LogP contribution in [0.2, 0.25) is 0 Å². The molecule has 1 fully saturated rings. The molecular formula is C21H32N2O3. The Kier molecular flexibility index (Phi) is 5.76. The van der Waals surface area contributed by atoms with Crippen LogP contribution < -0.4 is 9.64 Å². The summed E-state index contributed by atoms with van der Waals surface area (Å²) in [4.78, 5) is 16.7. The number of ether oxygens (including phenoxy) is 2. The Hall–Kier alpha value is -1.75. The molecule has 144 valence electrons. The summed E-state index contributed by atoms with van der Waals surface area (Å²) in [6.45, 7) is 6.01. The Bertz CT molecular complexity index is 648. The van der Waals surface area contributed by atoms with E-state index in [4.69, 9.17) is 9.47 Å². The fourth-order valence-corrected chi connectivity index (χ4v) is 4.61. The van der Waals surface area contributed by atoms with E-state index in [1.54, 1.807) is 0 Å². The van der Waals surface area contributed by atoms with E-state index in [1.807, 2.05) is 12.1 Å². The van der Waals surface area contributed by atoms with Crippen LogP contribution >= 0.6 is 0 Å². The molecule has 0 amide bonds. The normalized spacial score (nSPS) is 24.5. The lowest BCUT2D eigenvalue weighted by molar-refractivity contribution is 0.0972. The monoisotopic (exact) mass is 360 g/mol. The molecule has 0 saturated carbocycles. The second-order valence-corrected chi connectivity index (χ2v) is 7.93. The van der Waals surface area contributed by atoms with Crippen LogP contribution in [0.1, 0.15) is 57.9 Å². The third-order valence-electron chi connectivity index (χ3n) is 5.97. The molecule has 0 aromatic heterocycles. The van der Waals surface area contributed by atoms with E-state index >= 15 is 0 Å². The van der Waals surface area contributed by atoms with Gasteiger partial charge in [0, 0.05) is 24.7 Å². The van der Waals surface area contributed by atoms with Crippen molar-refractivity contribution in [2.75, 3.05) is 32.1 Å². The van der Waals surface area contributed by atoms with Gasteiger partial charge in [0.25, 0.3) is 0 Å². The molecule has 5 nitrogen and oxygen atoms in total. The summed E-state index contributed by atoms with van der Waals surface area (Å²) in [5.74, 6) is 0.574. The number of likely N-dealkylation sites (N-methyl/N-ethyl adjacent to an activating group) is 2. The largest absolute Gasteiger partial charge is 0.513 e. The quantitative estimate of drug-likeness (QED) is 0.406. The first-order valence-corrected chi connectivity index (χ1v) is 9.89. The third kappa shape index (κ3) is 3.54. The predicted molar refractivity (Wildman–Crippen MR) is 104 cm³/mol. The molecule has 1 aromatic rings. The van der Waals surface area contributed by atoms with Crippen molar-refractivity contribution in [2.45, 2.75) is 64.0 Å². The maximum absolute atomic E-state index is 12.0. The van der Waals surface area contributed by atoms with Crippen molar-refractivity contribution in [1.29, 1.82) is 0 Å². The van der Waals surface area contributed by atoms with E-state index in [1.165, 1.54) is 30.5 Å². The lowest BCUT2D eigenvalue weighted by Gasteiger charge is -2.32. The first-order chi connectivity index (χ1) is 12.5. The molecule has 2 heterocycles. The van der Waals surface area contributed by atoms with Gasteiger partial charge >= 0.3 is 6.16 Å². The molecule has 1 saturated heterocycles. The van der Waals surface area contributed by atoms with Gasteiger partial charge in [-0.05, 0) is 43.7 Å². The number of nitrogens with zero attached hydrogens (tertiary/aromatic N) is 2. The number of benzene rings is 1. The number of unbranched alkanes of at least 4 members (excludes halogenated alkanes) is 4. The summed E-state index contributed by atoms with van der Waals surface area (Å²) < 4.78 is 10.6. The summed E-state index contributed by atoms with van der Waals surface area (Å²) in [6, 6.07) is 5.94. The Morgan fingerprint density at radius 1 is 1.23 bits per heavy atom. The van der Waals surface area contributed by atoms with Crippen LogP contribution in [0.15, 0.2) is 18.2 Å². The van der Waals surface area contributed by atoms with Crippen LogP contribution in [0.5, 0.6) is 5.75 Å². The van der Waals surface area contributed by atoms with Gasteiger partial charge in [0.15, 0.2) is 0 Å². The van der Waals surface area contributed by atoms with Gasteiger partial charge in [-0.3, -0.25) is 4.90 Å². The molecule has 0 radical (unpaired) electrons. The highest BCUT2D eigenvalue weighted by Crippen LogP contribution is 2.51. The second kappa shape index (κ2) is 7.87. The first kappa shape index (κ1) is 19.0. The van der Waals surface area contributed by atoms with Crippen LogP contribution in [0, 0.1) is 0 Å². The van der Waals surface area contributed by atoms with Crippen LogP contribution in [0.4, 0.5) is 10.5 Å². The average Bonchev–Trinajstić information content (AvgIpc) is 3.04. The molecule has 0 aliphatic carbocycles. The molecule has 2 atom stereocenters. The molecule has 0 N–H and O–H groups in total. The van der Waals surface area contributed by atoms with Gasteiger partial charge < -0.3 is 14.4 Å². The molecule has 0 unspecified atom stereocenters. The Labute approximate surface area is 157 Å². The summed E-state index contributed by atoms with van der Waals surface area (Å²) in [7, 11) is 4.32. The third-order valence-corrected chi connectivity index (χ3v) is 5.97. The van der Waals surface area contributed by atoms with E-state index in [2.05, 4.69) is 43.8 Å². The number of fused-ring (bicyclic) bond motifs is 3. The molecule has 2 aliphatic rings. The highest BCUT2D eigenvalue weighted by atomic mass is 16.7. The summed E-state index contributed by atoms with van der Waals surface area (Å²) in [6.07, 6.45) is 6.52. The number of likely N-dealkylation sites (tertiary alicyclic amines) is 1. The summed E-state index contributed by atoms with van der Waals surface area (Å²) >= 11 is 0. The van der Waals surface area contributed by atoms with Crippen LogP contribution in [0.25, 0.3) is 0 Å². The number of hydrogen-bond donors (Lipinski definition) is 0. The van der Waals surface area contributed by atoms with Gasteiger partial charge in [0.05, 0.1) is 12.8 Å². The zero-order valence-electron chi connectivity index (χ0n) is 16.6. The fraction of sp³-hybridized carbons (Fsp3) is 0.667. The van der Waals surface area contributed by atoms with Gasteiger partial charge in [-0.15, -0.1) is 0 Å². The zero-order chi connectivity index (χ0) is 18.7. The smallest absolute Gasteiger partial charge is 0.434 e. The van der Waals surface area contributed by atoms with E-state index in [0.717, 1.165) is 25.8 Å². The van der Waals surface area contributed by atoms with Crippen LogP contribution in [-0.2, 0) is 10.2 Å². The Morgan fingerprint density at radius 2 is 2.00 bits per heavy atom. The van der Waals surface area contributed by atoms with E-state index in [-0.39, 0.29) is 5.41 Å². The summed E-state index contributed by atoms with van der Waals surface area (Å²) in [5, 5.41) is 0. The van der Waals surface area contributed by atoms with Gasteiger partial charge in [-0.25, -0.2) is 4.79 Å². The van der Waals surface area contributed by atoms with Crippen LogP contribution in [-0.4, -0.2) is 44.5 Å². The van der Waals surface area contributed by atoms with Gasteiger partial charge in [0.1, 0.15) is 5.75 Å². The second-order valence-electron chi connectivity index (χ2n) is 7.93. The topological polar surface area (TPSA) is 42.0 Å². The number of carbonyl (C=O) groups excluding carboxylic acids is 1. The van der Waals surface area contributed by atoms with Crippen molar-refractivity contribution >= 4 is 11.8 Å². The molecule has 5 heteroatoms. The maximum atomic E-state index is 12.0. The summed E-state index contributed by atoms with van der Waals surface area (Å²) in [5.41, 5.74) is 2.56. The molecule has 0 spiro atoms. The van der Waals surface area contributed by atoms with Crippen molar-refractivity contribution in [3.63, 3.8) is 0 Å². The minimum atomic E-state index is -0.600. The Morgan fingerprint density at radius 3 is 2.77 bits per heavy atom. The van der Waals surface area contributed by atoms with Crippen molar-refractivity contribution in [3.8, 4) is 5.75 Å².